The molecule has 1 nitrogen and oxygen atoms in total. The van der Waals surface area contributed by atoms with E-state index in [-0.39, 0.29) is 17.3 Å². The second-order valence-electron chi connectivity index (χ2n) is 6.21. The highest BCUT2D eigenvalue weighted by Gasteiger charge is 2.35. The van der Waals surface area contributed by atoms with Crippen LogP contribution in [0.2, 0.25) is 5.02 Å². The van der Waals surface area contributed by atoms with Crippen LogP contribution in [0.25, 0.3) is 0 Å². The topological polar surface area (TPSA) is 12.0 Å². The summed E-state index contributed by atoms with van der Waals surface area (Å²) in [5.41, 5.74) is 0.824. The van der Waals surface area contributed by atoms with E-state index in [2.05, 4.69) is 26.1 Å². The molecule has 2 rings (SSSR count). The maximum Gasteiger partial charge on any atom is 0.128 e. The number of nitrogens with one attached hydrogen (secondary N) is 1. The molecular weight excluding hydrogens is 249 g/mol. The van der Waals surface area contributed by atoms with E-state index in [9.17, 15) is 4.39 Å². The summed E-state index contributed by atoms with van der Waals surface area (Å²) in [5, 5.41) is 4.07. The summed E-state index contributed by atoms with van der Waals surface area (Å²) in [6.45, 7) is 7.38. The molecule has 0 amide bonds. The first kappa shape index (κ1) is 13.8. The zero-order valence-electron chi connectivity index (χ0n) is 11.3. The van der Waals surface area contributed by atoms with E-state index in [1.165, 1.54) is 6.07 Å². The lowest BCUT2D eigenvalue weighted by atomic mass is 9.69. The third-order valence-corrected chi connectivity index (χ3v) is 4.01. The molecule has 18 heavy (non-hydrogen) atoms. The van der Waals surface area contributed by atoms with Crippen LogP contribution >= 0.6 is 11.6 Å². The van der Waals surface area contributed by atoms with Gasteiger partial charge in [0.25, 0.3) is 0 Å². The minimum Gasteiger partial charge on any atom is -0.312 e. The zero-order valence-corrected chi connectivity index (χ0v) is 12.0. The van der Waals surface area contributed by atoms with Gasteiger partial charge in [-0.1, -0.05) is 17.7 Å². The number of hydrogen-bond acceptors (Lipinski definition) is 1. The predicted molar refractivity (Wildman–Crippen MR) is 74.6 cm³/mol. The summed E-state index contributed by atoms with van der Waals surface area (Å²) in [4.78, 5) is 0. The first-order valence-electron chi connectivity index (χ1n) is 6.57. The Morgan fingerprint density at radius 3 is 2.56 bits per heavy atom. The van der Waals surface area contributed by atoms with Gasteiger partial charge in [-0.05, 0) is 64.1 Å². The second-order valence-corrected chi connectivity index (χ2v) is 6.62. The molecule has 0 aliphatic heterocycles. The normalized spacial score (nSPS) is 23.8. The summed E-state index contributed by atoms with van der Waals surface area (Å²) in [5.74, 6) is 0.611. The van der Waals surface area contributed by atoms with E-state index >= 15 is 0 Å². The highest BCUT2D eigenvalue weighted by Crippen LogP contribution is 2.45. The molecule has 0 bridgehead atoms. The summed E-state index contributed by atoms with van der Waals surface area (Å²) in [7, 11) is 0. The van der Waals surface area contributed by atoms with Crippen LogP contribution in [0.5, 0.6) is 0 Å². The van der Waals surface area contributed by atoms with E-state index in [4.69, 9.17) is 11.6 Å². The largest absolute Gasteiger partial charge is 0.312 e. The van der Waals surface area contributed by atoms with Gasteiger partial charge in [0.05, 0.1) is 0 Å². The maximum atomic E-state index is 13.9. The maximum absolute atomic E-state index is 13.9. The minimum absolute atomic E-state index is 0.110. The Hall–Kier alpha value is -0.600. The first-order chi connectivity index (χ1) is 8.38. The summed E-state index contributed by atoms with van der Waals surface area (Å²) in [6, 6.07) is 4.96. The van der Waals surface area contributed by atoms with Crippen LogP contribution in [0.15, 0.2) is 18.2 Å². The smallest absolute Gasteiger partial charge is 0.128 e. The molecule has 0 aromatic heterocycles. The van der Waals surface area contributed by atoms with Gasteiger partial charge in [0.15, 0.2) is 0 Å². The average Bonchev–Trinajstić information content (AvgIpc) is 2.20. The zero-order chi connectivity index (χ0) is 13.3. The Morgan fingerprint density at radius 1 is 1.33 bits per heavy atom. The molecule has 0 radical (unpaired) electrons. The number of hydrogen-bond donors (Lipinski definition) is 1. The van der Waals surface area contributed by atoms with Gasteiger partial charge in [0, 0.05) is 16.1 Å². The third-order valence-electron chi connectivity index (χ3n) is 3.68. The van der Waals surface area contributed by atoms with Crippen LogP contribution in [0, 0.1) is 11.7 Å². The molecule has 1 fully saturated rings. The van der Waals surface area contributed by atoms with Crippen LogP contribution in [-0.4, -0.2) is 12.1 Å². The molecule has 1 aliphatic carbocycles. The third kappa shape index (κ3) is 3.04. The number of benzene rings is 1. The van der Waals surface area contributed by atoms with Crippen LogP contribution in [0.3, 0.4) is 0 Å². The number of rotatable bonds is 3. The average molecular weight is 270 g/mol. The van der Waals surface area contributed by atoms with Crippen molar-refractivity contribution in [3.63, 3.8) is 0 Å². The van der Waals surface area contributed by atoms with E-state index in [1.807, 2.05) is 0 Å². The lowest BCUT2D eigenvalue weighted by Crippen LogP contribution is -2.43. The fraction of sp³-hybridized carbons (Fsp3) is 0.600. The van der Waals surface area contributed by atoms with Crippen LogP contribution < -0.4 is 5.32 Å². The van der Waals surface area contributed by atoms with Gasteiger partial charge in [0.1, 0.15) is 5.82 Å². The Balaban J connectivity index is 2.06. The molecule has 1 aromatic carbocycles. The monoisotopic (exact) mass is 269 g/mol. The molecule has 2 unspecified atom stereocenters. The molecule has 1 saturated carbocycles. The molecule has 3 heteroatoms. The first-order valence-corrected chi connectivity index (χ1v) is 6.95. The molecule has 100 valence electrons. The van der Waals surface area contributed by atoms with Crippen LogP contribution in [0.4, 0.5) is 4.39 Å². The molecular formula is C15H21ClFN. The molecule has 0 spiro atoms. The Bertz CT molecular complexity index is 405. The lowest BCUT2D eigenvalue weighted by Gasteiger charge is -2.39. The highest BCUT2D eigenvalue weighted by atomic mass is 35.5. The van der Waals surface area contributed by atoms with Crippen molar-refractivity contribution in [1.82, 2.24) is 5.32 Å². The van der Waals surface area contributed by atoms with Crippen molar-refractivity contribution in [3.05, 3.63) is 34.6 Å². The summed E-state index contributed by atoms with van der Waals surface area (Å²) < 4.78 is 13.9. The van der Waals surface area contributed by atoms with E-state index in [0.717, 1.165) is 19.4 Å². The van der Waals surface area contributed by atoms with Crippen molar-refractivity contribution < 1.29 is 4.39 Å². The van der Waals surface area contributed by atoms with Gasteiger partial charge in [-0.3, -0.25) is 0 Å². The van der Waals surface area contributed by atoms with Gasteiger partial charge >= 0.3 is 0 Å². The minimum atomic E-state index is -0.159. The van der Waals surface area contributed by atoms with Crippen molar-refractivity contribution in [2.45, 2.75) is 45.1 Å². The summed E-state index contributed by atoms with van der Waals surface area (Å²) in [6.07, 6.45) is 2.19. The Labute approximate surface area is 114 Å². The SMILES string of the molecule is CC(C)(C)NCC1CCC1c1c(F)cccc1Cl. The second kappa shape index (κ2) is 5.18. The molecule has 1 aromatic rings. The predicted octanol–water partition coefficient (Wildman–Crippen LogP) is 4.36. The van der Waals surface area contributed by atoms with Gasteiger partial charge < -0.3 is 5.32 Å². The van der Waals surface area contributed by atoms with Crippen molar-refractivity contribution in [1.29, 1.82) is 0 Å². The summed E-state index contributed by atoms with van der Waals surface area (Å²) >= 11 is 6.13. The standard InChI is InChI=1S/C15H21ClFN/c1-15(2,3)18-9-10-7-8-11(10)14-12(16)5-4-6-13(14)17/h4-6,10-11,18H,7-9H2,1-3H3. The van der Waals surface area contributed by atoms with Crippen LogP contribution in [-0.2, 0) is 0 Å². The fourth-order valence-electron chi connectivity index (χ4n) is 2.50. The van der Waals surface area contributed by atoms with Crippen molar-refractivity contribution in [2.24, 2.45) is 5.92 Å². The van der Waals surface area contributed by atoms with Crippen molar-refractivity contribution >= 4 is 11.6 Å². The highest BCUT2D eigenvalue weighted by molar-refractivity contribution is 6.31. The van der Waals surface area contributed by atoms with E-state index in [0.29, 0.717) is 16.5 Å². The molecule has 0 heterocycles. The van der Waals surface area contributed by atoms with Crippen LogP contribution in [0.1, 0.15) is 45.1 Å². The van der Waals surface area contributed by atoms with Crippen molar-refractivity contribution in [3.8, 4) is 0 Å². The molecule has 1 aliphatic rings. The van der Waals surface area contributed by atoms with Crippen molar-refractivity contribution in [2.75, 3.05) is 6.54 Å². The van der Waals surface area contributed by atoms with Gasteiger partial charge in [-0.2, -0.15) is 0 Å². The van der Waals surface area contributed by atoms with Gasteiger partial charge in [-0.25, -0.2) is 4.39 Å². The lowest BCUT2D eigenvalue weighted by molar-refractivity contribution is 0.221. The van der Waals surface area contributed by atoms with Gasteiger partial charge in [0.2, 0.25) is 0 Å². The molecule has 2 atom stereocenters. The van der Waals surface area contributed by atoms with Gasteiger partial charge in [-0.15, -0.1) is 0 Å². The number of halogens is 2. The van der Waals surface area contributed by atoms with E-state index < -0.39 is 0 Å². The molecule has 1 N–H and O–H groups in total. The van der Waals surface area contributed by atoms with E-state index in [1.54, 1.807) is 12.1 Å². The quantitative estimate of drug-likeness (QED) is 0.860. The fourth-order valence-corrected chi connectivity index (χ4v) is 2.80. The Morgan fingerprint density at radius 2 is 2.06 bits per heavy atom. The Kier molecular flexibility index (Phi) is 3.98. The molecule has 0 saturated heterocycles.